The third kappa shape index (κ3) is 2.56. The van der Waals surface area contributed by atoms with Crippen molar-refractivity contribution >= 4 is 0 Å². The maximum Gasteiger partial charge on any atom is 0.0971 e. The van der Waals surface area contributed by atoms with Gasteiger partial charge in [0.2, 0.25) is 0 Å². The Bertz CT molecular complexity index is 608. The minimum absolute atomic E-state index is 0.0656. The second-order valence-corrected chi connectivity index (χ2v) is 6.44. The summed E-state index contributed by atoms with van der Waals surface area (Å²) in [6.07, 6.45) is 0. The van der Waals surface area contributed by atoms with Crippen LogP contribution in [0.5, 0.6) is 0 Å². The van der Waals surface area contributed by atoms with Gasteiger partial charge in [-0.2, -0.15) is 0 Å². The molecule has 2 heterocycles. The number of ether oxygens (including phenoxy) is 1. The van der Waals surface area contributed by atoms with Crippen molar-refractivity contribution in [2.45, 2.75) is 18.0 Å². The van der Waals surface area contributed by atoms with Gasteiger partial charge in [0, 0.05) is 25.6 Å². The molecular formula is C19H22N2O. The van der Waals surface area contributed by atoms with Crippen LogP contribution in [0.4, 0.5) is 0 Å². The van der Waals surface area contributed by atoms with Crippen LogP contribution < -0.4 is 5.32 Å². The molecule has 2 saturated heterocycles. The third-order valence-electron chi connectivity index (χ3n) is 4.95. The summed E-state index contributed by atoms with van der Waals surface area (Å²) in [6, 6.07) is 21.6. The fraction of sp³-hybridized carbons (Fsp3) is 0.368. The largest absolute Gasteiger partial charge is 0.364 e. The van der Waals surface area contributed by atoms with Crippen LogP contribution in [0.25, 0.3) is 0 Å². The van der Waals surface area contributed by atoms with Crippen LogP contribution in [0.1, 0.15) is 17.0 Å². The quantitative estimate of drug-likeness (QED) is 0.942. The molecule has 0 aromatic heterocycles. The number of nitrogens with one attached hydrogen (secondary N) is 1. The Morgan fingerprint density at radius 2 is 1.77 bits per heavy atom. The van der Waals surface area contributed by atoms with E-state index in [0.29, 0.717) is 12.6 Å². The van der Waals surface area contributed by atoms with Gasteiger partial charge in [-0.15, -0.1) is 0 Å². The van der Waals surface area contributed by atoms with Crippen LogP contribution in [0.2, 0.25) is 0 Å². The highest BCUT2D eigenvalue weighted by molar-refractivity contribution is 5.28. The first-order valence-corrected chi connectivity index (χ1v) is 8.00. The molecule has 3 nitrogen and oxygen atoms in total. The highest BCUT2D eigenvalue weighted by Gasteiger charge is 2.49. The molecule has 22 heavy (non-hydrogen) atoms. The average Bonchev–Trinajstić information content (AvgIpc) is 3.17. The first-order valence-electron chi connectivity index (χ1n) is 8.00. The molecule has 2 unspecified atom stereocenters. The SMILES string of the molecule is c1ccc(CN2CC(c3ccccc3)C3(COCN3)C2)cc1. The maximum absolute atomic E-state index is 5.69. The van der Waals surface area contributed by atoms with Crippen LogP contribution >= 0.6 is 0 Å². The molecule has 0 aliphatic carbocycles. The van der Waals surface area contributed by atoms with Crippen LogP contribution in [-0.4, -0.2) is 36.9 Å². The van der Waals surface area contributed by atoms with Crippen molar-refractivity contribution in [2.75, 3.05) is 26.4 Å². The summed E-state index contributed by atoms with van der Waals surface area (Å²) in [6.45, 7) is 4.60. The van der Waals surface area contributed by atoms with E-state index in [4.69, 9.17) is 4.74 Å². The molecule has 0 amide bonds. The summed E-state index contributed by atoms with van der Waals surface area (Å²) in [4.78, 5) is 2.55. The summed E-state index contributed by atoms with van der Waals surface area (Å²) in [5.41, 5.74) is 2.86. The Morgan fingerprint density at radius 1 is 1.05 bits per heavy atom. The molecule has 2 aromatic rings. The summed E-state index contributed by atoms with van der Waals surface area (Å²) >= 11 is 0. The molecule has 0 radical (unpaired) electrons. The predicted molar refractivity (Wildman–Crippen MR) is 87.6 cm³/mol. The maximum atomic E-state index is 5.69. The molecule has 2 aliphatic rings. The minimum Gasteiger partial charge on any atom is -0.364 e. The van der Waals surface area contributed by atoms with Crippen LogP contribution in [-0.2, 0) is 11.3 Å². The molecule has 1 N–H and O–H groups in total. The van der Waals surface area contributed by atoms with E-state index in [1.54, 1.807) is 0 Å². The van der Waals surface area contributed by atoms with E-state index in [0.717, 1.165) is 26.2 Å². The first kappa shape index (κ1) is 13.9. The van der Waals surface area contributed by atoms with Gasteiger partial charge < -0.3 is 4.74 Å². The van der Waals surface area contributed by atoms with Crippen molar-refractivity contribution in [2.24, 2.45) is 0 Å². The van der Waals surface area contributed by atoms with Gasteiger partial charge in [-0.1, -0.05) is 60.7 Å². The molecule has 0 bridgehead atoms. The van der Waals surface area contributed by atoms with E-state index in [1.165, 1.54) is 11.1 Å². The fourth-order valence-corrected chi connectivity index (χ4v) is 3.88. The second-order valence-electron chi connectivity index (χ2n) is 6.44. The van der Waals surface area contributed by atoms with Crippen molar-refractivity contribution in [3.05, 3.63) is 71.8 Å². The monoisotopic (exact) mass is 294 g/mol. The highest BCUT2D eigenvalue weighted by atomic mass is 16.5. The van der Waals surface area contributed by atoms with E-state index in [1.807, 2.05) is 0 Å². The van der Waals surface area contributed by atoms with Gasteiger partial charge >= 0.3 is 0 Å². The minimum atomic E-state index is 0.0656. The number of likely N-dealkylation sites (tertiary alicyclic amines) is 1. The standard InChI is InChI=1S/C19H22N2O/c1-3-7-16(8-4-1)11-21-12-18(17-9-5-2-6-10-17)19(13-21)14-22-15-20-19/h1-10,18,20H,11-15H2. The predicted octanol–water partition coefficient (Wildman–Crippen LogP) is 2.60. The first-order chi connectivity index (χ1) is 10.9. The van der Waals surface area contributed by atoms with Gasteiger partial charge in [0.15, 0.2) is 0 Å². The van der Waals surface area contributed by atoms with Gasteiger partial charge in [0.25, 0.3) is 0 Å². The molecule has 114 valence electrons. The van der Waals surface area contributed by atoms with Crippen molar-refractivity contribution in [3.8, 4) is 0 Å². The van der Waals surface area contributed by atoms with Gasteiger partial charge in [-0.25, -0.2) is 0 Å². The molecule has 1 spiro atoms. The Hall–Kier alpha value is -1.68. The molecule has 4 rings (SSSR count). The summed E-state index contributed by atoms with van der Waals surface area (Å²) in [7, 11) is 0. The average molecular weight is 294 g/mol. The lowest BCUT2D eigenvalue weighted by Crippen LogP contribution is -2.48. The fourth-order valence-electron chi connectivity index (χ4n) is 3.88. The smallest absolute Gasteiger partial charge is 0.0971 e. The van der Waals surface area contributed by atoms with Crippen LogP contribution in [0.15, 0.2) is 60.7 Å². The number of hydrogen-bond donors (Lipinski definition) is 1. The summed E-state index contributed by atoms with van der Waals surface area (Å²) < 4.78 is 5.69. The Balaban J connectivity index is 1.58. The van der Waals surface area contributed by atoms with E-state index < -0.39 is 0 Å². The van der Waals surface area contributed by atoms with E-state index >= 15 is 0 Å². The Morgan fingerprint density at radius 3 is 2.45 bits per heavy atom. The zero-order valence-electron chi connectivity index (χ0n) is 12.7. The van der Waals surface area contributed by atoms with E-state index in [2.05, 4.69) is 70.9 Å². The molecule has 3 heteroatoms. The second kappa shape index (κ2) is 5.84. The van der Waals surface area contributed by atoms with Crippen molar-refractivity contribution in [1.29, 1.82) is 0 Å². The van der Waals surface area contributed by atoms with Gasteiger partial charge in [0.1, 0.15) is 0 Å². The molecule has 2 fully saturated rings. The molecule has 2 atom stereocenters. The van der Waals surface area contributed by atoms with Crippen molar-refractivity contribution in [3.63, 3.8) is 0 Å². The number of rotatable bonds is 3. The lowest BCUT2D eigenvalue weighted by atomic mass is 9.83. The molecular weight excluding hydrogens is 272 g/mol. The van der Waals surface area contributed by atoms with E-state index in [9.17, 15) is 0 Å². The number of hydrogen-bond acceptors (Lipinski definition) is 3. The van der Waals surface area contributed by atoms with Crippen LogP contribution in [0.3, 0.4) is 0 Å². The normalized spacial score (nSPS) is 28.5. The molecule has 2 aromatic carbocycles. The lowest BCUT2D eigenvalue weighted by Gasteiger charge is -2.29. The highest BCUT2D eigenvalue weighted by Crippen LogP contribution is 2.38. The Labute approximate surface area is 131 Å². The topological polar surface area (TPSA) is 24.5 Å². The van der Waals surface area contributed by atoms with E-state index in [-0.39, 0.29) is 5.54 Å². The number of nitrogens with zero attached hydrogens (tertiary/aromatic N) is 1. The zero-order chi connectivity index (χ0) is 14.8. The van der Waals surface area contributed by atoms with Crippen molar-refractivity contribution < 1.29 is 4.74 Å². The van der Waals surface area contributed by atoms with Gasteiger partial charge in [0.05, 0.1) is 18.9 Å². The molecule has 2 aliphatic heterocycles. The van der Waals surface area contributed by atoms with Gasteiger partial charge in [-0.3, -0.25) is 10.2 Å². The Kier molecular flexibility index (Phi) is 3.70. The number of benzene rings is 2. The van der Waals surface area contributed by atoms with Gasteiger partial charge in [-0.05, 0) is 11.1 Å². The lowest BCUT2D eigenvalue weighted by molar-refractivity contribution is 0.173. The van der Waals surface area contributed by atoms with Crippen LogP contribution in [0, 0.1) is 0 Å². The third-order valence-corrected chi connectivity index (χ3v) is 4.95. The summed E-state index contributed by atoms with van der Waals surface area (Å²) in [5.74, 6) is 0.486. The summed E-state index contributed by atoms with van der Waals surface area (Å²) in [5, 5.41) is 3.63. The van der Waals surface area contributed by atoms with Crippen molar-refractivity contribution in [1.82, 2.24) is 10.2 Å². The molecule has 0 saturated carbocycles. The zero-order valence-corrected chi connectivity index (χ0v) is 12.7.